The molecule has 1 aromatic carbocycles. The maximum atomic E-state index is 13.2. The highest BCUT2D eigenvalue weighted by Gasteiger charge is 2.39. The first-order chi connectivity index (χ1) is 12.9. The van der Waals surface area contributed by atoms with Crippen LogP contribution in [0.15, 0.2) is 27.6 Å². The van der Waals surface area contributed by atoms with Crippen molar-refractivity contribution >= 4 is 22.4 Å². The Morgan fingerprint density at radius 3 is 2.57 bits per heavy atom. The van der Waals surface area contributed by atoms with Gasteiger partial charge in [0.15, 0.2) is 5.82 Å². The van der Waals surface area contributed by atoms with Crippen molar-refractivity contribution in [3.63, 3.8) is 0 Å². The number of nitrogens with zero attached hydrogens (tertiary/aromatic N) is 3. The highest BCUT2D eigenvalue weighted by atomic mass is 35.5. The van der Waals surface area contributed by atoms with Gasteiger partial charge in [0.2, 0.25) is 10.0 Å². The molecular weight excluding hydrogens is 404 g/mol. The number of aromatic nitrogens is 2. The molecule has 0 bridgehead atoms. The van der Waals surface area contributed by atoms with Gasteiger partial charge in [-0.1, -0.05) is 18.1 Å². The summed E-state index contributed by atoms with van der Waals surface area (Å²) in [5.41, 5.74) is 7.09. The van der Waals surface area contributed by atoms with E-state index in [4.69, 9.17) is 15.0 Å². The topological polar surface area (TPSA) is 112 Å². The van der Waals surface area contributed by atoms with Crippen molar-refractivity contribution in [3.05, 3.63) is 29.6 Å². The SMILES string of the molecule is CCc1ccc(-c2nc(C3(N)CCC3)no2)cc1S(=O)(=O)N1CCOCC1.Cl. The Balaban J connectivity index is 0.00000225. The minimum absolute atomic E-state index is 0. The van der Waals surface area contributed by atoms with Crippen LogP contribution in [-0.2, 0) is 26.7 Å². The van der Waals surface area contributed by atoms with Gasteiger partial charge in [0.05, 0.1) is 23.6 Å². The summed E-state index contributed by atoms with van der Waals surface area (Å²) in [7, 11) is -3.61. The number of benzene rings is 1. The summed E-state index contributed by atoms with van der Waals surface area (Å²) in [6.07, 6.45) is 3.32. The number of hydrogen-bond acceptors (Lipinski definition) is 7. The second-order valence-corrected chi connectivity index (χ2v) is 9.03. The number of rotatable bonds is 5. The van der Waals surface area contributed by atoms with Crippen LogP contribution in [0.5, 0.6) is 0 Å². The first-order valence-electron chi connectivity index (χ1n) is 9.28. The first kappa shape index (κ1) is 21.2. The van der Waals surface area contributed by atoms with Gasteiger partial charge in [0.1, 0.15) is 0 Å². The quantitative estimate of drug-likeness (QED) is 0.775. The predicted octanol–water partition coefficient (Wildman–Crippen LogP) is 2.08. The molecule has 0 unspecified atom stereocenters. The van der Waals surface area contributed by atoms with E-state index in [2.05, 4.69) is 10.1 Å². The Hall–Kier alpha value is -1.52. The predicted molar refractivity (Wildman–Crippen MR) is 106 cm³/mol. The molecule has 1 saturated heterocycles. The molecule has 2 aliphatic rings. The van der Waals surface area contributed by atoms with Crippen LogP contribution in [0.1, 0.15) is 37.6 Å². The molecular formula is C18H25ClN4O4S. The molecule has 1 aromatic heterocycles. The first-order valence-corrected chi connectivity index (χ1v) is 10.7. The molecule has 0 amide bonds. The van der Waals surface area contributed by atoms with Crippen molar-refractivity contribution in [2.75, 3.05) is 26.3 Å². The third-order valence-electron chi connectivity index (χ3n) is 5.40. The van der Waals surface area contributed by atoms with Gasteiger partial charge in [0, 0.05) is 18.7 Å². The summed E-state index contributed by atoms with van der Waals surface area (Å²) >= 11 is 0. The van der Waals surface area contributed by atoms with E-state index in [1.54, 1.807) is 6.07 Å². The molecule has 1 aliphatic carbocycles. The monoisotopic (exact) mass is 428 g/mol. The fourth-order valence-electron chi connectivity index (χ4n) is 3.47. The van der Waals surface area contributed by atoms with Gasteiger partial charge in [-0.2, -0.15) is 9.29 Å². The average molecular weight is 429 g/mol. The molecule has 2 aromatic rings. The maximum Gasteiger partial charge on any atom is 0.258 e. The summed E-state index contributed by atoms with van der Waals surface area (Å²) in [6.45, 7) is 3.47. The van der Waals surface area contributed by atoms with Gasteiger partial charge < -0.3 is 15.0 Å². The Bertz CT molecular complexity index is 937. The lowest BCUT2D eigenvalue weighted by molar-refractivity contribution is 0.0730. The van der Waals surface area contributed by atoms with Crippen molar-refractivity contribution in [3.8, 4) is 11.5 Å². The van der Waals surface area contributed by atoms with Crippen molar-refractivity contribution in [2.24, 2.45) is 5.73 Å². The summed E-state index contributed by atoms with van der Waals surface area (Å²) in [6, 6.07) is 5.26. The fourth-order valence-corrected chi connectivity index (χ4v) is 5.20. The summed E-state index contributed by atoms with van der Waals surface area (Å²) in [5.74, 6) is 0.781. The van der Waals surface area contributed by atoms with E-state index in [1.165, 1.54) is 4.31 Å². The number of hydrogen-bond donors (Lipinski definition) is 1. The van der Waals surface area contributed by atoms with E-state index in [0.29, 0.717) is 50.0 Å². The van der Waals surface area contributed by atoms with E-state index in [9.17, 15) is 8.42 Å². The van der Waals surface area contributed by atoms with Gasteiger partial charge in [0.25, 0.3) is 5.89 Å². The standard InChI is InChI=1S/C18H24N4O4S.ClH/c1-2-13-4-5-14(16-20-17(21-26-16)18(19)6-3-7-18)12-15(13)27(23,24)22-8-10-25-11-9-22;/h4-5,12H,2-3,6-11,19H2,1H3;1H. The average Bonchev–Trinajstić information content (AvgIpc) is 3.17. The van der Waals surface area contributed by atoms with Crippen LogP contribution >= 0.6 is 12.4 Å². The van der Waals surface area contributed by atoms with Crippen molar-refractivity contribution in [1.29, 1.82) is 0 Å². The molecule has 0 spiro atoms. The summed E-state index contributed by atoms with van der Waals surface area (Å²) in [5, 5.41) is 4.02. The summed E-state index contributed by atoms with van der Waals surface area (Å²) < 4.78 is 38.4. The Labute approximate surface area is 170 Å². The number of sulfonamides is 1. The highest BCUT2D eigenvalue weighted by Crippen LogP contribution is 2.38. The molecule has 2 heterocycles. The van der Waals surface area contributed by atoms with E-state index >= 15 is 0 Å². The number of halogens is 1. The normalized spacial score (nSPS) is 19.6. The van der Waals surface area contributed by atoms with Crippen LogP contribution in [0.2, 0.25) is 0 Å². The molecule has 1 aliphatic heterocycles. The number of nitrogens with two attached hydrogens (primary N) is 1. The maximum absolute atomic E-state index is 13.2. The zero-order valence-electron chi connectivity index (χ0n) is 15.8. The third-order valence-corrected chi connectivity index (χ3v) is 7.38. The fraction of sp³-hybridized carbons (Fsp3) is 0.556. The van der Waals surface area contributed by atoms with Crippen LogP contribution in [0.25, 0.3) is 11.5 Å². The smallest absolute Gasteiger partial charge is 0.258 e. The second kappa shape index (κ2) is 8.08. The van der Waals surface area contributed by atoms with Crippen LogP contribution in [0.3, 0.4) is 0 Å². The van der Waals surface area contributed by atoms with E-state index in [-0.39, 0.29) is 17.3 Å². The van der Waals surface area contributed by atoms with Crippen LogP contribution < -0.4 is 5.73 Å². The summed E-state index contributed by atoms with van der Waals surface area (Å²) in [4.78, 5) is 4.72. The molecule has 8 nitrogen and oxygen atoms in total. The minimum Gasteiger partial charge on any atom is -0.379 e. The lowest BCUT2D eigenvalue weighted by atomic mass is 9.77. The third kappa shape index (κ3) is 3.69. The zero-order valence-corrected chi connectivity index (χ0v) is 17.4. The molecule has 4 rings (SSSR count). The lowest BCUT2D eigenvalue weighted by Gasteiger charge is -2.34. The largest absolute Gasteiger partial charge is 0.379 e. The molecule has 154 valence electrons. The number of morpholine rings is 1. The van der Waals surface area contributed by atoms with Crippen LogP contribution in [0, 0.1) is 0 Å². The van der Waals surface area contributed by atoms with Crippen LogP contribution in [-0.4, -0.2) is 49.2 Å². The Kier molecular flexibility index (Phi) is 6.11. The molecule has 0 atom stereocenters. The van der Waals surface area contributed by atoms with Crippen molar-refractivity contribution in [1.82, 2.24) is 14.4 Å². The zero-order chi connectivity index (χ0) is 19.1. The molecule has 2 fully saturated rings. The Morgan fingerprint density at radius 2 is 1.96 bits per heavy atom. The molecule has 2 N–H and O–H groups in total. The Morgan fingerprint density at radius 1 is 1.25 bits per heavy atom. The van der Waals surface area contributed by atoms with Crippen molar-refractivity contribution in [2.45, 2.75) is 43.0 Å². The van der Waals surface area contributed by atoms with Crippen LogP contribution in [0.4, 0.5) is 0 Å². The molecule has 1 saturated carbocycles. The van der Waals surface area contributed by atoms with E-state index in [0.717, 1.165) is 24.8 Å². The lowest BCUT2D eigenvalue weighted by Crippen LogP contribution is -2.44. The minimum atomic E-state index is -3.61. The van der Waals surface area contributed by atoms with E-state index < -0.39 is 15.6 Å². The number of ether oxygens (including phenoxy) is 1. The second-order valence-electron chi connectivity index (χ2n) is 7.13. The van der Waals surface area contributed by atoms with Gasteiger partial charge in [-0.05, 0) is 43.4 Å². The molecule has 28 heavy (non-hydrogen) atoms. The highest BCUT2D eigenvalue weighted by molar-refractivity contribution is 7.89. The van der Waals surface area contributed by atoms with Gasteiger partial charge in [-0.25, -0.2) is 8.42 Å². The van der Waals surface area contributed by atoms with E-state index in [1.807, 2.05) is 19.1 Å². The molecule has 10 heteroatoms. The van der Waals surface area contributed by atoms with Crippen molar-refractivity contribution < 1.29 is 17.7 Å². The number of aryl methyl sites for hydroxylation is 1. The van der Waals surface area contributed by atoms with Gasteiger partial charge in [-0.3, -0.25) is 0 Å². The molecule has 0 radical (unpaired) electrons. The van der Waals surface area contributed by atoms with Gasteiger partial charge in [-0.15, -0.1) is 12.4 Å². The van der Waals surface area contributed by atoms with Gasteiger partial charge >= 0.3 is 0 Å².